The van der Waals surface area contributed by atoms with Gasteiger partial charge in [0.1, 0.15) is 10.6 Å². The minimum Gasteiger partial charge on any atom is -0.356 e. The number of carbonyl (C=O) groups is 2. The average Bonchev–Trinajstić information content (AvgIpc) is 3.11. The van der Waals surface area contributed by atoms with E-state index in [4.69, 9.17) is 0 Å². The molecule has 1 aliphatic rings. The van der Waals surface area contributed by atoms with E-state index in [1.54, 1.807) is 25.6 Å². The largest absolute Gasteiger partial charge is 0.356 e. The second kappa shape index (κ2) is 8.72. The normalized spacial score (nSPS) is 15.8. The third-order valence-electron chi connectivity index (χ3n) is 3.87. The van der Waals surface area contributed by atoms with Gasteiger partial charge >= 0.3 is 0 Å². The van der Waals surface area contributed by atoms with E-state index in [0.717, 1.165) is 11.5 Å². The number of thioether (sulfide) groups is 1. The number of rotatable bonds is 7. The van der Waals surface area contributed by atoms with Gasteiger partial charge in [-0.25, -0.2) is 8.42 Å². The fourth-order valence-corrected chi connectivity index (χ4v) is 5.08. The monoisotopic (exact) mass is 388 g/mol. The molecule has 1 aromatic heterocycles. The van der Waals surface area contributed by atoms with Crippen LogP contribution >= 0.6 is 11.8 Å². The Hall–Kier alpha value is -1.52. The first-order valence-electron chi connectivity index (χ1n) is 8.22. The van der Waals surface area contributed by atoms with Crippen molar-refractivity contribution in [3.8, 4) is 0 Å². The Labute approximate surface area is 152 Å². The van der Waals surface area contributed by atoms with Crippen molar-refractivity contribution in [2.45, 2.75) is 18.7 Å². The van der Waals surface area contributed by atoms with E-state index in [1.165, 1.54) is 21.5 Å². The summed E-state index contributed by atoms with van der Waals surface area (Å²) in [7, 11) is -3.60. The number of sulfonamides is 1. The number of hydrogen-bond acceptors (Lipinski definition) is 5. The molecule has 2 rings (SSSR count). The highest BCUT2D eigenvalue weighted by Gasteiger charge is 2.28. The number of aromatic nitrogens is 1. The Morgan fingerprint density at radius 2 is 2.00 bits per heavy atom. The van der Waals surface area contributed by atoms with Crippen LogP contribution in [0.1, 0.15) is 24.3 Å². The Morgan fingerprint density at radius 1 is 1.32 bits per heavy atom. The van der Waals surface area contributed by atoms with Gasteiger partial charge in [-0.15, -0.1) is 0 Å². The topological polar surface area (TPSA) is 103 Å². The summed E-state index contributed by atoms with van der Waals surface area (Å²) in [5.74, 6) is 0.893. The standard InChI is InChI=1S/C15H24N4O4S2/c1-3-16-14(20)11-18(4-2)15(21)13-9-12(10-17-13)25(22,23)19-5-7-24-8-6-19/h9-10,17H,3-8,11H2,1-2H3,(H,16,20). The van der Waals surface area contributed by atoms with Crippen molar-refractivity contribution in [2.24, 2.45) is 0 Å². The second-order valence-corrected chi connectivity index (χ2v) is 8.70. The van der Waals surface area contributed by atoms with E-state index in [-0.39, 0.29) is 23.0 Å². The number of hydrogen-bond donors (Lipinski definition) is 2. The van der Waals surface area contributed by atoms with Crippen molar-refractivity contribution in [3.05, 3.63) is 18.0 Å². The molecule has 1 aliphatic heterocycles. The van der Waals surface area contributed by atoms with Crippen LogP contribution in [0.15, 0.2) is 17.2 Å². The van der Waals surface area contributed by atoms with Crippen molar-refractivity contribution in [1.29, 1.82) is 0 Å². The molecule has 2 amide bonds. The first kappa shape index (κ1) is 19.8. The van der Waals surface area contributed by atoms with E-state index in [1.807, 2.05) is 0 Å². The molecule has 1 fully saturated rings. The summed E-state index contributed by atoms with van der Waals surface area (Å²) in [4.78, 5) is 28.4. The summed E-state index contributed by atoms with van der Waals surface area (Å²) in [5.41, 5.74) is 0.163. The summed E-state index contributed by atoms with van der Waals surface area (Å²) in [6.45, 7) is 5.29. The Kier molecular flexibility index (Phi) is 6.91. The van der Waals surface area contributed by atoms with Gasteiger partial charge in [-0.05, 0) is 19.9 Å². The molecule has 25 heavy (non-hydrogen) atoms. The number of amides is 2. The van der Waals surface area contributed by atoms with Crippen molar-refractivity contribution < 1.29 is 18.0 Å². The molecule has 2 heterocycles. The van der Waals surface area contributed by atoms with Gasteiger partial charge in [-0.1, -0.05) is 0 Å². The zero-order valence-corrected chi connectivity index (χ0v) is 16.1. The highest BCUT2D eigenvalue weighted by Crippen LogP contribution is 2.21. The summed E-state index contributed by atoms with van der Waals surface area (Å²) >= 11 is 1.72. The SMILES string of the molecule is CCNC(=O)CN(CC)C(=O)c1cc(S(=O)(=O)N2CCSCC2)c[nH]1. The molecule has 0 aromatic carbocycles. The minimum atomic E-state index is -3.60. The molecular formula is C15H24N4O4S2. The highest BCUT2D eigenvalue weighted by atomic mass is 32.2. The Bertz CT molecular complexity index is 711. The number of nitrogens with zero attached hydrogens (tertiary/aromatic N) is 2. The molecule has 0 unspecified atom stereocenters. The summed E-state index contributed by atoms with van der Waals surface area (Å²) < 4.78 is 26.7. The van der Waals surface area contributed by atoms with Gasteiger partial charge in [-0.3, -0.25) is 9.59 Å². The quantitative estimate of drug-likeness (QED) is 0.702. The number of H-pyrrole nitrogens is 1. The van der Waals surface area contributed by atoms with Crippen molar-refractivity contribution in [3.63, 3.8) is 0 Å². The fraction of sp³-hybridized carbons (Fsp3) is 0.600. The van der Waals surface area contributed by atoms with Gasteiger partial charge in [-0.2, -0.15) is 16.1 Å². The first-order valence-corrected chi connectivity index (χ1v) is 10.8. The molecule has 0 atom stereocenters. The van der Waals surface area contributed by atoms with Crippen LogP contribution in [0.3, 0.4) is 0 Å². The third kappa shape index (κ3) is 4.77. The molecule has 0 aliphatic carbocycles. The predicted molar refractivity (Wildman–Crippen MR) is 97.1 cm³/mol. The maximum atomic E-state index is 12.6. The Morgan fingerprint density at radius 3 is 2.60 bits per heavy atom. The second-order valence-electron chi connectivity index (χ2n) is 5.54. The molecule has 2 N–H and O–H groups in total. The molecule has 10 heteroatoms. The number of likely N-dealkylation sites (N-methyl/N-ethyl adjacent to an activating group) is 2. The van der Waals surface area contributed by atoms with Crippen LogP contribution < -0.4 is 5.32 Å². The molecule has 0 radical (unpaired) electrons. The summed E-state index contributed by atoms with van der Waals surface area (Å²) in [5, 5.41) is 2.64. The summed E-state index contributed by atoms with van der Waals surface area (Å²) in [6.07, 6.45) is 1.34. The van der Waals surface area contributed by atoms with Crippen LogP contribution in [0.25, 0.3) is 0 Å². The molecule has 0 bridgehead atoms. The Balaban J connectivity index is 2.13. The minimum absolute atomic E-state index is 0.0619. The lowest BCUT2D eigenvalue weighted by molar-refractivity contribution is -0.121. The summed E-state index contributed by atoms with van der Waals surface area (Å²) in [6, 6.07) is 1.35. The number of nitrogens with one attached hydrogen (secondary N) is 2. The van der Waals surface area contributed by atoms with E-state index in [0.29, 0.717) is 26.2 Å². The maximum absolute atomic E-state index is 12.6. The van der Waals surface area contributed by atoms with Gasteiger partial charge in [0.05, 0.1) is 6.54 Å². The van der Waals surface area contributed by atoms with Crippen LogP contribution in [0.5, 0.6) is 0 Å². The smallest absolute Gasteiger partial charge is 0.270 e. The first-order chi connectivity index (χ1) is 11.9. The maximum Gasteiger partial charge on any atom is 0.270 e. The van der Waals surface area contributed by atoms with Crippen LogP contribution in [-0.4, -0.2) is 78.7 Å². The van der Waals surface area contributed by atoms with Gasteiger partial charge in [0, 0.05) is 43.9 Å². The molecule has 0 saturated carbocycles. The third-order valence-corrected chi connectivity index (χ3v) is 6.69. The predicted octanol–water partition coefficient (Wildman–Crippen LogP) is 0.350. The van der Waals surface area contributed by atoms with E-state index in [2.05, 4.69) is 10.3 Å². The van der Waals surface area contributed by atoms with E-state index < -0.39 is 15.9 Å². The van der Waals surface area contributed by atoms with Crippen molar-refractivity contribution >= 4 is 33.6 Å². The molecule has 0 spiro atoms. The number of aromatic amines is 1. The van der Waals surface area contributed by atoms with E-state index in [9.17, 15) is 18.0 Å². The van der Waals surface area contributed by atoms with Gasteiger partial charge in [0.25, 0.3) is 5.91 Å². The lowest BCUT2D eigenvalue weighted by Gasteiger charge is -2.25. The molecule has 1 saturated heterocycles. The lowest BCUT2D eigenvalue weighted by atomic mass is 10.3. The molecule has 8 nitrogen and oxygen atoms in total. The average molecular weight is 389 g/mol. The van der Waals surface area contributed by atoms with Crippen LogP contribution in [0.2, 0.25) is 0 Å². The van der Waals surface area contributed by atoms with Gasteiger partial charge in [0.2, 0.25) is 15.9 Å². The van der Waals surface area contributed by atoms with Crippen molar-refractivity contribution in [2.75, 3.05) is 44.2 Å². The van der Waals surface area contributed by atoms with Gasteiger partial charge in [0.15, 0.2) is 0 Å². The molecule has 140 valence electrons. The zero-order chi connectivity index (χ0) is 18.4. The highest BCUT2D eigenvalue weighted by molar-refractivity contribution is 7.99. The van der Waals surface area contributed by atoms with Gasteiger partial charge < -0.3 is 15.2 Å². The molecular weight excluding hydrogens is 364 g/mol. The number of carbonyl (C=O) groups excluding carboxylic acids is 2. The lowest BCUT2D eigenvalue weighted by Crippen LogP contribution is -2.40. The molecule has 1 aromatic rings. The van der Waals surface area contributed by atoms with Crippen LogP contribution in [0.4, 0.5) is 0 Å². The van der Waals surface area contributed by atoms with Crippen LogP contribution in [-0.2, 0) is 14.8 Å². The van der Waals surface area contributed by atoms with E-state index >= 15 is 0 Å². The fourth-order valence-electron chi connectivity index (χ4n) is 2.51. The van der Waals surface area contributed by atoms with Crippen molar-refractivity contribution in [1.82, 2.24) is 19.5 Å². The zero-order valence-electron chi connectivity index (χ0n) is 14.4. The van der Waals surface area contributed by atoms with Crippen LogP contribution in [0, 0.1) is 0 Å².